The summed E-state index contributed by atoms with van der Waals surface area (Å²) in [6, 6.07) is 5.07. The van der Waals surface area contributed by atoms with Gasteiger partial charge in [0.05, 0.1) is 0 Å². The van der Waals surface area contributed by atoms with Crippen molar-refractivity contribution in [2.24, 2.45) is 0 Å². The SMILES string of the molecule is Cc1nccc(C(=O)NC2CCCC(=O)CCC(c3cc(F)cc(F)c3)CCC2)n1. The number of ketones is 1. The van der Waals surface area contributed by atoms with Crippen LogP contribution in [-0.2, 0) is 4.79 Å². The number of nitrogens with zero attached hydrogens (tertiary/aromatic N) is 2. The summed E-state index contributed by atoms with van der Waals surface area (Å²) in [7, 11) is 0. The lowest BCUT2D eigenvalue weighted by molar-refractivity contribution is -0.119. The highest BCUT2D eigenvalue weighted by Gasteiger charge is 2.20. The fraction of sp³-hybridized carbons (Fsp3) is 0.478. The molecule has 2 atom stereocenters. The largest absolute Gasteiger partial charge is 0.348 e. The Morgan fingerprint density at radius 2 is 1.77 bits per heavy atom. The van der Waals surface area contributed by atoms with Gasteiger partial charge in [-0.25, -0.2) is 18.7 Å². The second kappa shape index (κ2) is 10.4. The highest BCUT2D eigenvalue weighted by molar-refractivity contribution is 5.92. The topological polar surface area (TPSA) is 72.0 Å². The molecule has 1 fully saturated rings. The Kier molecular flexibility index (Phi) is 7.60. The van der Waals surface area contributed by atoms with E-state index in [1.165, 1.54) is 12.1 Å². The smallest absolute Gasteiger partial charge is 0.270 e. The van der Waals surface area contributed by atoms with Gasteiger partial charge in [0.15, 0.2) is 0 Å². The van der Waals surface area contributed by atoms with Gasteiger partial charge in [0.25, 0.3) is 5.91 Å². The molecule has 5 nitrogen and oxygen atoms in total. The summed E-state index contributed by atoms with van der Waals surface area (Å²) in [5.74, 6) is -0.864. The van der Waals surface area contributed by atoms with E-state index >= 15 is 0 Å². The Bertz CT molecular complexity index is 884. The molecule has 0 bridgehead atoms. The van der Waals surface area contributed by atoms with Crippen LogP contribution in [0.4, 0.5) is 8.78 Å². The Morgan fingerprint density at radius 3 is 2.50 bits per heavy atom. The van der Waals surface area contributed by atoms with Crippen LogP contribution in [0.25, 0.3) is 0 Å². The lowest BCUT2D eigenvalue weighted by atomic mass is 9.88. The molecule has 1 aromatic heterocycles. The number of rotatable bonds is 3. The van der Waals surface area contributed by atoms with E-state index in [-0.39, 0.29) is 23.7 Å². The first-order valence-electron chi connectivity index (χ1n) is 10.5. The molecule has 0 aliphatic heterocycles. The minimum atomic E-state index is -0.601. The molecular formula is C23H27F2N3O2. The van der Waals surface area contributed by atoms with Gasteiger partial charge in [0, 0.05) is 31.1 Å². The van der Waals surface area contributed by atoms with E-state index < -0.39 is 11.6 Å². The van der Waals surface area contributed by atoms with E-state index in [1.54, 1.807) is 19.2 Å². The van der Waals surface area contributed by atoms with E-state index in [4.69, 9.17) is 0 Å². The number of aromatic nitrogens is 2. The van der Waals surface area contributed by atoms with Gasteiger partial charge in [0.1, 0.15) is 28.9 Å². The lowest BCUT2D eigenvalue weighted by Gasteiger charge is -2.20. The number of carbonyl (C=O) groups excluding carboxylic acids is 2. The molecule has 0 spiro atoms. The molecular weight excluding hydrogens is 388 g/mol. The molecule has 1 saturated carbocycles. The summed E-state index contributed by atoms with van der Waals surface area (Å²) in [5, 5.41) is 3.03. The molecule has 160 valence electrons. The molecule has 30 heavy (non-hydrogen) atoms. The normalized spacial score (nSPS) is 21.0. The quantitative estimate of drug-likeness (QED) is 0.792. The molecule has 2 aromatic rings. The standard InChI is InChI=1S/C23H27F2N3O2/c1-15-26-11-10-22(27-15)23(30)28-20-5-2-4-16(8-9-21(29)7-3-6-20)17-12-18(24)14-19(25)13-17/h10-14,16,20H,2-9H2,1H3,(H,28,30). The summed E-state index contributed by atoms with van der Waals surface area (Å²) >= 11 is 0. The van der Waals surface area contributed by atoms with Crippen molar-refractivity contribution in [1.82, 2.24) is 15.3 Å². The summed E-state index contributed by atoms with van der Waals surface area (Å²) in [5.41, 5.74) is 0.914. The number of benzene rings is 1. The third-order valence-electron chi connectivity index (χ3n) is 5.59. The Balaban J connectivity index is 1.69. The first-order chi connectivity index (χ1) is 14.4. The maximum Gasteiger partial charge on any atom is 0.270 e. The van der Waals surface area contributed by atoms with Gasteiger partial charge in [-0.05, 0) is 68.7 Å². The van der Waals surface area contributed by atoms with E-state index in [0.29, 0.717) is 55.6 Å². The van der Waals surface area contributed by atoms with Crippen molar-refractivity contribution >= 4 is 11.7 Å². The number of aryl methyl sites for hydroxylation is 1. The monoisotopic (exact) mass is 415 g/mol. The van der Waals surface area contributed by atoms with Gasteiger partial charge in [-0.1, -0.05) is 6.42 Å². The average molecular weight is 415 g/mol. The van der Waals surface area contributed by atoms with E-state index in [1.807, 2.05) is 0 Å². The summed E-state index contributed by atoms with van der Waals surface area (Å²) in [6.07, 6.45) is 6.61. The van der Waals surface area contributed by atoms with Gasteiger partial charge in [-0.3, -0.25) is 9.59 Å². The second-order valence-electron chi connectivity index (χ2n) is 7.96. The molecule has 3 rings (SSSR count). The van der Waals surface area contributed by atoms with Crippen LogP contribution < -0.4 is 5.32 Å². The van der Waals surface area contributed by atoms with Gasteiger partial charge in [0.2, 0.25) is 0 Å². The highest BCUT2D eigenvalue weighted by Crippen LogP contribution is 2.30. The molecule has 1 heterocycles. The van der Waals surface area contributed by atoms with Crippen LogP contribution in [0, 0.1) is 18.6 Å². The first kappa shape index (κ1) is 22.0. The first-order valence-corrected chi connectivity index (χ1v) is 10.5. The van der Waals surface area contributed by atoms with Gasteiger partial charge in [-0.2, -0.15) is 0 Å². The number of hydrogen-bond acceptors (Lipinski definition) is 4. The van der Waals surface area contributed by atoms with Crippen LogP contribution in [0.3, 0.4) is 0 Å². The zero-order chi connectivity index (χ0) is 21.5. The van der Waals surface area contributed by atoms with Crippen molar-refractivity contribution in [2.75, 3.05) is 0 Å². The Labute approximate surface area is 175 Å². The molecule has 2 unspecified atom stereocenters. The molecule has 1 N–H and O–H groups in total. The zero-order valence-electron chi connectivity index (χ0n) is 17.2. The minimum absolute atomic E-state index is 0.0800. The molecule has 1 aromatic carbocycles. The number of amides is 1. The van der Waals surface area contributed by atoms with Crippen molar-refractivity contribution in [3.63, 3.8) is 0 Å². The average Bonchev–Trinajstić information content (AvgIpc) is 2.72. The predicted octanol–water partition coefficient (Wildman–Crippen LogP) is 4.65. The van der Waals surface area contributed by atoms with Crippen molar-refractivity contribution in [2.45, 2.75) is 70.3 Å². The number of hydrogen-bond donors (Lipinski definition) is 1. The summed E-state index contributed by atoms with van der Waals surface area (Å²) in [4.78, 5) is 33.0. The van der Waals surface area contributed by atoms with E-state index in [2.05, 4.69) is 15.3 Å². The Hall–Kier alpha value is -2.70. The Morgan fingerprint density at radius 1 is 1.03 bits per heavy atom. The molecule has 1 aliphatic carbocycles. The maximum atomic E-state index is 13.7. The van der Waals surface area contributed by atoms with Crippen molar-refractivity contribution in [1.29, 1.82) is 0 Å². The van der Waals surface area contributed by atoms with Crippen molar-refractivity contribution in [3.05, 3.63) is 59.2 Å². The third kappa shape index (κ3) is 6.40. The maximum absolute atomic E-state index is 13.7. The predicted molar refractivity (Wildman–Crippen MR) is 109 cm³/mol. The summed E-state index contributed by atoms with van der Waals surface area (Å²) in [6.45, 7) is 1.73. The van der Waals surface area contributed by atoms with Crippen LogP contribution >= 0.6 is 0 Å². The number of Topliss-reactive ketones (excluding diaryl/α,β-unsaturated/α-hetero) is 1. The van der Waals surface area contributed by atoms with Crippen molar-refractivity contribution < 1.29 is 18.4 Å². The highest BCUT2D eigenvalue weighted by atomic mass is 19.1. The van der Waals surface area contributed by atoms with Crippen LogP contribution in [0.15, 0.2) is 30.5 Å². The second-order valence-corrected chi connectivity index (χ2v) is 7.96. The van der Waals surface area contributed by atoms with Crippen LogP contribution in [0.5, 0.6) is 0 Å². The molecule has 1 aliphatic rings. The molecule has 0 saturated heterocycles. The van der Waals surface area contributed by atoms with Crippen LogP contribution in [0.1, 0.15) is 79.2 Å². The van der Waals surface area contributed by atoms with Crippen LogP contribution in [0.2, 0.25) is 0 Å². The molecule has 1 amide bonds. The van der Waals surface area contributed by atoms with E-state index in [0.717, 1.165) is 18.9 Å². The van der Waals surface area contributed by atoms with Crippen molar-refractivity contribution in [3.8, 4) is 0 Å². The lowest BCUT2D eigenvalue weighted by Crippen LogP contribution is -2.35. The van der Waals surface area contributed by atoms with E-state index in [9.17, 15) is 18.4 Å². The van der Waals surface area contributed by atoms with Gasteiger partial charge < -0.3 is 5.32 Å². The third-order valence-corrected chi connectivity index (χ3v) is 5.59. The van der Waals surface area contributed by atoms with Gasteiger partial charge >= 0.3 is 0 Å². The zero-order valence-corrected chi connectivity index (χ0v) is 17.2. The number of carbonyl (C=O) groups is 2. The minimum Gasteiger partial charge on any atom is -0.348 e. The van der Waals surface area contributed by atoms with Gasteiger partial charge in [-0.15, -0.1) is 0 Å². The molecule has 7 heteroatoms. The summed E-state index contributed by atoms with van der Waals surface area (Å²) < 4.78 is 27.4. The molecule has 0 radical (unpaired) electrons. The fourth-order valence-electron chi connectivity index (χ4n) is 4.04. The van der Waals surface area contributed by atoms with Crippen LogP contribution in [-0.4, -0.2) is 27.7 Å². The fourth-order valence-corrected chi connectivity index (χ4v) is 4.04. The number of nitrogens with one attached hydrogen (secondary N) is 1. The number of halogens is 2.